The third-order valence-corrected chi connectivity index (χ3v) is 6.88. The summed E-state index contributed by atoms with van der Waals surface area (Å²) in [4.78, 5) is 23.1. The first-order valence-electron chi connectivity index (χ1n) is 10.4. The molecule has 1 aliphatic rings. The Morgan fingerprint density at radius 2 is 1.65 bits per heavy atom. The molecule has 1 saturated carbocycles. The van der Waals surface area contributed by atoms with E-state index in [1.165, 1.54) is 0 Å². The number of halogens is 3. The molecule has 31 heavy (non-hydrogen) atoms. The number of aromatic nitrogens is 2. The molecule has 0 radical (unpaired) electrons. The van der Waals surface area contributed by atoms with Crippen molar-refractivity contribution in [1.82, 2.24) is 14.9 Å². The maximum absolute atomic E-state index is 13.3. The van der Waals surface area contributed by atoms with Crippen LogP contribution in [-0.2, 0) is 0 Å². The van der Waals surface area contributed by atoms with Crippen LogP contribution in [0.4, 0.5) is 0 Å². The van der Waals surface area contributed by atoms with E-state index in [9.17, 15) is 4.79 Å². The molecule has 1 amide bonds. The number of carbonyl (C=O) groups excluding carboxylic acids is 1. The van der Waals surface area contributed by atoms with E-state index in [2.05, 4.69) is 11.9 Å². The molecule has 162 valence electrons. The van der Waals surface area contributed by atoms with Gasteiger partial charge in [-0.1, -0.05) is 53.9 Å². The molecule has 1 heterocycles. The van der Waals surface area contributed by atoms with Crippen LogP contribution in [0.15, 0.2) is 42.5 Å². The molecule has 1 fully saturated rings. The first-order chi connectivity index (χ1) is 14.8. The topological polar surface area (TPSA) is 49.0 Å². The molecule has 1 aliphatic carbocycles. The molecule has 7 heteroatoms. The summed E-state index contributed by atoms with van der Waals surface area (Å²) in [6.07, 6.45) is 4.32. The summed E-state index contributed by atoms with van der Waals surface area (Å²) >= 11 is 18.6. The van der Waals surface area contributed by atoms with Crippen molar-refractivity contribution in [1.29, 1.82) is 0 Å². The van der Waals surface area contributed by atoms with Crippen molar-refractivity contribution in [2.45, 2.75) is 38.6 Å². The normalized spacial score (nSPS) is 18.7. The van der Waals surface area contributed by atoms with Gasteiger partial charge >= 0.3 is 0 Å². The van der Waals surface area contributed by atoms with Crippen molar-refractivity contribution < 1.29 is 4.79 Å². The molecule has 0 spiro atoms. The third-order valence-electron chi connectivity index (χ3n) is 6.08. The SMILES string of the molecule is CC1CCC(N(C)C(=O)c2nc(-c3ccc(Cl)cc3)c(-c3ccc(Cl)cc3Cl)[nH]2)CC1. The second-order valence-corrected chi connectivity index (χ2v) is 9.55. The van der Waals surface area contributed by atoms with E-state index in [-0.39, 0.29) is 11.9 Å². The van der Waals surface area contributed by atoms with Crippen molar-refractivity contribution in [2.75, 3.05) is 7.05 Å². The van der Waals surface area contributed by atoms with Gasteiger partial charge in [0, 0.05) is 34.3 Å². The first kappa shape index (κ1) is 22.2. The van der Waals surface area contributed by atoms with Gasteiger partial charge in [-0.25, -0.2) is 4.98 Å². The van der Waals surface area contributed by atoms with E-state index in [1.54, 1.807) is 24.3 Å². The molecule has 0 bridgehead atoms. The monoisotopic (exact) mass is 475 g/mol. The summed E-state index contributed by atoms with van der Waals surface area (Å²) in [5, 5.41) is 1.66. The lowest BCUT2D eigenvalue weighted by Crippen LogP contribution is -2.39. The van der Waals surface area contributed by atoms with Crippen LogP contribution in [0, 0.1) is 5.92 Å². The summed E-state index contributed by atoms with van der Waals surface area (Å²) in [6, 6.07) is 12.9. The van der Waals surface area contributed by atoms with Crippen LogP contribution >= 0.6 is 34.8 Å². The first-order valence-corrected chi connectivity index (χ1v) is 11.6. The van der Waals surface area contributed by atoms with E-state index < -0.39 is 0 Å². The van der Waals surface area contributed by atoms with Crippen LogP contribution in [0.1, 0.15) is 43.2 Å². The Labute approximate surface area is 197 Å². The minimum absolute atomic E-state index is 0.119. The number of rotatable bonds is 4. The molecule has 0 unspecified atom stereocenters. The number of nitrogens with zero attached hydrogens (tertiary/aromatic N) is 2. The van der Waals surface area contributed by atoms with E-state index in [0.29, 0.717) is 32.3 Å². The van der Waals surface area contributed by atoms with Crippen molar-refractivity contribution in [3.63, 3.8) is 0 Å². The van der Waals surface area contributed by atoms with Gasteiger partial charge in [-0.3, -0.25) is 4.79 Å². The Hall–Kier alpha value is -2.01. The van der Waals surface area contributed by atoms with E-state index in [0.717, 1.165) is 42.7 Å². The number of H-pyrrole nitrogens is 1. The van der Waals surface area contributed by atoms with Gasteiger partial charge in [-0.05, 0) is 61.9 Å². The Balaban J connectivity index is 1.74. The zero-order valence-corrected chi connectivity index (χ0v) is 19.7. The van der Waals surface area contributed by atoms with Gasteiger partial charge in [-0.2, -0.15) is 0 Å². The Morgan fingerprint density at radius 3 is 2.29 bits per heavy atom. The second kappa shape index (κ2) is 9.23. The predicted molar refractivity (Wildman–Crippen MR) is 128 cm³/mol. The Bertz CT molecular complexity index is 1090. The molecule has 2 aromatic carbocycles. The molecule has 4 nitrogen and oxygen atoms in total. The van der Waals surface area contributed by atoms with Crippen molar-refractivity contribution >= 4 is 40.7 Å². The van der Waals surface area contributed by atoms with E-state index in [4.69, 9.17) is 39.8 Å². The van der Waals surface area contributed by atoms with Crippen LogP contribution in [-0.4, -0.2) is 33.9 Å². The fourth-order valence-corrected chi connectivity index (χ4v) is 4.77. The second-order valence-electron chi connectivity index (χ2n) is 8.27. The summed E-state index contributed by atoms with van der Waals surface area (Å²) in [5.74, 6) is 0.900. The molecular formula is C24H24Cl3N3O. The zero-order valence-electron chi connectivity index (χ0n) is 17.5. The number of carbonyl (C=O) groups is 1. The molecule has 0 saturated heterocycles. The van der Waals surface area contributed by atoms with Gasteiger partial charge < -0.3 is 9.88 Å². The summed E-state index contributed by atoms with van der Waals surface area (Å²) in [5.41, 5.74) is 2.90. The highest BCUT2D eigenvalue weighted by atomic mass is 35.5. The summed E-state index contributed by atoms with van der Waals surface area (Å²) in [7, 11) is 1.86. The largest absolute Gasteiger partial charge is 0.336 e. The minimum atomic E-state index is -0.119. The van der Waals surface area contributed by atoms with Crippen molar-refractivity contribution in [3.8, 4) is 22.5 Å². The fourth-order valence-electron chi connectivity index (χ4n) is 4.14. The third kappa shape index (κ3) is 4.77. The average molecular weight is 477 g/mol. The highest BCUT2D eigenvalue weighted by Gasteiger charge is 2.28. The molecular weight excluding hydrogens is 453 g/mol. The van der Waals surface area contributed by atoms with Gasteiger partial charge in [0.1, 0.15) is 0 Å². The number of aromatic amines is 1. The van der Waals surface area contributed by atoms with Crippen LogP contribution in [0.3, 0.4) is 0 Å². The highest BCUT2D eigenvalue weighted by molar-refractivity contribution is 6.36. The van der Waals surface area contributed by atoms with Crippen LogP contribution in [0.2, 0.25) is 15.1 Å². The van der Waals surface area contributed by atoms with Gasteiger partial charge in [-0.15, -0.1) is 0 Å². The highest BCUT2D eigenvalue weighted by Crippen LogP contribution is 2.36. The number of hydrogen-bond donors (Lipinski definition) is 1. The summed E-state index contributed by atoms with van der Waals surface area (Å²) in [6.45, 7) is 2.27. The Morgan fingerprint density at radius 1 is 1.00 bits per heavy atom. The van der Waals surface area contributed by atoms with Crippen molar-refractivity contribution in [2.24, 2.45) is 5.92 Å². The zero-order chi connectivity index (χ0) is 22.1. The number of benzene rings is 2. The fraction of sp³-hybridized carbons (Fsp3) is 0.333. The molecule has 0 atom stereocenters. The maximum Gasteiger partial charge on any atom is 0.289 e. The van der Waals surface area contributed by atoms with Gasteiger partial charge in [0.25, 0.3) is 5.91 Å². The quantitative estimate of drug-likeness (QED) is 0.428. The number of hydrogen-bond acceptors (Lipinski definition) is 2. The van der Waals surface area contributed by atoms with E-state index in [1.807, 2.05) is 30.1 Å². The summed E-state index contributed by atoms with van der Waals surface area (Å²) < 4.78 is 0. The molecule has 0 aliphatic heterocycles. The van der Waals surface area contributed by atoms with Crippen LogP contribution < -0.4 is 0 Å². The maximum atomic E-state index is 13.3. The average Bonchev–Trinajstić information content (AvgIpc) is 3.19. The van der Waals surface area contributed by atoms with Crippen LogP contribution in [0.25, 0.3) is 22.5 Å². The molecule has 1 aromatic heterocycles. The predicted octanol–water partition coefficient (Wildman–Crippen LogP) is 7.35. The number of nitrogens with one attached hydrogen (secondary N) is 1. The van der Waals surface area contributed by atoms with Crippen LogP contribution in [0.5, 0.6) is 0 Å². The van der Waals surface area contributed by atoms with Gasteiger partial charge in [0.15, 0.2) is 5.82 Å². The molecule has 4 rings (SSSR count). The lowest BCUT2D eigenvalue weighted by atomic mass is 9.87. The van der Waals surface area contributed by atoms with Gasteiger partial charge in [0.2, 0.25) is 0 Å². The van der Waals surface area contributed by atoms with Crippen molar-refractivity contribution in [3.05, 3.63) is 63.4 Å². The standard InChI is InChI=1S/C24H24Cl3N3O/c1-14-3-10-18(11-4-14)30(2)24(31)23-28-21(15-5-7-16(25)8-6-15)22(29-23)19-12-9-17(26)13-20(19)27/h5-9,12-14,18H,3-4,10-11H2,1-2H3,(H,28,29). The van der Waals surface area contributed by atoms with Gasteiger partial charge in [0.05, 0.1) is 16.4 Å². The van der Waals surface area contributed by atoms with E-state index >= 15 is 0 Å². The molecule has 1 N–H and O–H groups in total. The number of amides is 1. The lowest BCUT2D eigenvalue weighted by Gasteiger charge is -2.33. The number of imidazole rings is 1. The minimum Gasteiger partial charge on any atom is -0.336 e. The lowest BCUT2D eigenvalue weighted by molar-refractivity contribution is 0.0668. The Kier molecular flexibility index (Phi) is 6.61. The molecule has 3 aromatic rings. The smallest absolute Gasteiger partial charge is 0.289 e.